The molecule has 0 aliphatic heterocycles. The van der Waals surface area contributed by atoms with Crippen LogP contribution in [0.3, 0.4) is 0 Å². The number of carboxylic acids is 1. The SMILES string of the molecule is COCC(=O)N(Cc1ccc(C)cc1)CC(C)C(=O)O. The van der Waals surface area contributed by atoms with E-state index < -0.39 is 11.9 Å². The van der Waals surface area contributed by atoms with Gasteiger partial charge in [0.25, 0.3) is 0 Å². The van der Waals surface area contributed by atoms with Crippen molar-refractivity contribution in [3.05, 3.63) is 35.4 Å². The van der Waals surface area contributed by atoms with Gasteiger partial charge in [-0.05, 0) is 12.5 Å². The number of rotatable bonds is 7. The Bertz CT molecular complexity index is 455. The summed E-state index contributed by atoms with van der Waals surface area (Å²) in [5, 5.41) is 8.98. The molecule has 0 aliphatic carbocycles. The summed E-state index contributed by atoms with van der Waals surface area (Å²) in [6.07, 6.45) is 0. The Morgan fingerprint density at radius 2 is 1.90 bits per heavy atom. The molecule has 0 aromatic heterocycles. The van der Waals surface area contributed by atoms with E-state index in [0.717, 1.165) is 11.1 Å². The third kappa shape index (κ3) is 5.01. The molecular formula is C15H21NO4. The van der Waals surface area contributed by atoms with Crippen molar-refractivity contribution in [2.24, 2.45) is 5.92 Å². The van der Waals surface area contributed by atoms with E-state index in [1.165, 1.54) is 12.0 Å². The molecule has 0 saturated heterocycles. The van der Waals surface area contributed by atoms with Crippen LogP contribution in [0.25, 0.3) is 0 Å². The molecule has 1 N–H and O–H groups in total. The largest absolute Gasteiger partial charge is 0.481 e. The minimum absolute atomic E-state index is 0.0435. The van der Waals surface area contributed by atoms with Crippen LogP contribution in [0.15, 0.2) is 24.3 Å². The van der Waals surface area contributed by atoms with Gasteiger partial charge in [0.05, 0.1) is 5.92 Å². The quantitative estimate of drug-likeness (QED) is 0.825. The van der Waals surface area contributed by atoms with Crippen molar-refractivity contribution in [1.82, 2.24) is 4.90 Å². The lowest BCUT2D eigenvalue weighted by atomic mass is 10.1. The molecule has 1 atom stereocenters. The van der Waals surface area contributed by atoms with Crippen LogP contribution in [-0.4, -0.2) is 42.1 Å². The molecular weight excluding hydrogens is 258 g/mol. The van der Waals surface area contributed by atoms with E-state index in [9.17, 15) is 9.59 Å². The Morgan fingerprint density at radius 1 is 1.30 bits per heavy atom. The number of aryl methyl sites for hydroxylation is 1. The molecule has 5 heteroatoms. The van der Waals surface area contributed by atoms with Crippen molar-refractivity contribution in [3.8, 4) is 0 Å². The van der Waals surface area contributed by atoms with Crippen molar-refractivity contribution in [1.29, 1.82) is 0 Å². The van der Waals surface area contributed by atoms with Crippen LogP contribution >= 0.6 is 0 Å². The van der Waals surface area contributed by atoms with E-state index in [-0.39, 0.29) is 19.1 Å². The lowest BCUT2D eigenvalue weighted by molar-refractivity contribution is -0.144. The highest BCUT2D eigenvalue weighted by atomic mass is 16.5. The number of ether oxygens (including phenoxy) is 1. The Kier molecular flexibility index (Phi) is 6.18. The number of methoxy groups -OCH3 is 1. The van der Waals surface area contributed by atoms with E-state index >= 15 is 0 Å². The van der Waals surface area contributed by atoms with Crippen LogP contribution in [0.5, 0.6) is 0 Å². The summed E-state index contributed by atoms with van der Waals surface area (Å²) in [7, 11) is 1.45. The number of benzene rings is 1. The fourth-order valence-electron chi connectivity index (χ4n) is 1.79. The van der Waals surface area contributed by atoms with Gasteiger partial charge in [-0.3, -0.25) is 9.59 Å². The molecule has 0 heterocycles. The molecule has 0 fully saturated rings. The number of amides is 1. The van der Waals surface area contributed by atoms with E-state index in [0.29, 0.717) is 6.54 Å². The second kappa shape index (κ2) is 7.65. The Balaban J connectivity index is 2.78. The Labute approximate surface area is 119 Å². The van der Waals surface area contributed by atoms with Crippen molar-refractivity contribution in [3.63, 3.8) is 0 Å². The molecule has 1 unspecified atom stereocenters. The molecule has 5 nitrogen and oxygen atoms in total. The summed E-state index contributed by atoms with van der Waals surface area (Å²) in [5.74, 6) is -1.73. The topological polar surface area (TPSA) is 66.8 Å². The molecule has 0 spiro atoms. The van der Waals surface area contributed by atoms with E-state index in [4.69, 9.17) is 9.84 Å². The van der Waals surface area contributed by atoms with Gasteiger partial charge in [-0.15, -0.1) is 0 Å². The minimum atomic E-state index is -0.913. The fraction of sp³-hybridized carbons (Fsp3) is 0.467. The van der Waals surface area contributed by atoms with Gasteiger partial charge in [0.2, 0.25) is 5.91 Å². The molecule has 20 heavy (non-hydrogen) atoms. The van der Waals surface area contributed by atoms with Crippen molar-refractivity contribution >= 4 is 11.9 Å². The summed E-state index contributed by atoms with van der Waals surface area (Å²) in [6.45, 7) is 4.10. The second-order valence-electron chi connectivity index (χ2n) is 4.93. The Morgan fingerprint density at radius 3 is 2.40 bits per heavy atom. The van der Waals surface area contributed by atoms with E-state index in [2.05, 4.69) is 0 Å². The first-order valence-electron chi connectivity index (χ1n) is 6.49. The third-order valence-corrected chi connectivity index (χ3v) is 3.03. The number of aliphatic carboxylic acids is 1. The van der Waals surface area contributed by atoms with Crippen LogP contribution in [-0.2, 0) is 20.9 Å². The van der Waals surface area contributed by atoms with Crippen molar-refractivity contribution in [2.75, 3.05) is 20.3 Å². The summed E-state index contributed by atoms with van der Waals surface area (Å²) >= 11 is 0. The lowest BCUT2D eigenvalue weighted by Gasteiger charge is -2.24. The molecule has 1 aromatic rings. The molecule has 1 aromatic carbocycles. The average Bonchev–Trinajstić information content (AvgIpc) is 2.40. The zero-order valence-electron chi connectivity index (χ0n) is 12.1. The smallest absolute Gasteiger partial charge is 0.308 e. The molecule has 1 rings (SSSR count). The van der Waals surface area contributed by atoms with E-state index in [1.807, 2.05) is 31.2 Å². The third-order valence-electron chi connectivity index (χ3n) is 3.03. The van der Waals surface area contributed by atoms with Crippen molar-refractivity contribution < 1.29 is 19.4 Å². The number of carbonyl (C=O) groups is 2. The second-order valence-corrected chi connectivity index (χ2v) is 4.93. The predicted molar refractivity (Wildman–Crippen MR) is 75.3 cm³/mol. The van der Waals surface area contributed by atoms with Gasteiger partial charge in [0.15, 0.2) is 0 Å². The predicted octanol–water partition coefficient (Wildman–Crippen LogP) is 1.69. The monoisotopic (exact) mass is 279 g/mol. The average molecular weight is 279 g/mol. The summed E-state index contributed by atoms with van der Waals surface area (Å²) < 4.78 is 4.84. The van der Waals surface area contributed by atoms with Gasteiger partial charge in [0, 0.05) is 20.2 Å². The van der Waals surface area contributed by atoms with Gasteiger partial charge in [-0.1, -0.05) is 36.8 Å². The highest BCUT2D eigenvalue weighted by Crippen LogP contribution is 2.10. The van der Waals surface area contributed by atoms with Crippen LogP contribution in [0.4, 0.5) is 0 Å². The molecule has 0 saturated carbocycles. The Hall–Kier alpha value is -1.88. The number of hydrogen-bond donors (Lipinski definition) is 1. The highest BCUT2D eigenvalue weighted by molar-refractivity contribution is 5.78. The van der Waals surface area contributed by atoms with Gasteiger partial charge >= 0.3 is 5.97 Å². The number of hydrogen-bond acceptors (Lipinski definition) is 3. The van der Waals surface area contributed by atoms with E-state index in [1.54, 1.807) is 6.92 Å². The van der Waals surface area contributed by atoms with Crippen LogP contribution in [0.2, 0.25) is 0 Å². The maximum absolute atomic E-state index is 12.0. The molecule has 0 radical (unpaired) electrons. The maximum atomic E-state index is 12.0. The molecule has 0 bridgehead atoms. The first-order chi connectivity index (χ1) is 9.43. The van der Waals surface area contributed by atoms with Gasteiger partial charge in [-0.25, -0.2) is 0 Å². The molecule has 110 valence electrons. The number of carboxylic acid groups (broad SMARTS) is 1. The molecule has 0 aliphatic rings. The van der Waals surface area contributed by atoms with Gasteiger partial charge in [-0.2, -0.15) is 0 Å². The van der Waals surface area contributed by atoms with Gasteiger partial charge < -0.3 is 14.7 Å². The zero-order valence-corrected chi connectivity index (χ0v) is 12.1. The van der Waals surface area contributed by atoms with Gasteiger partial charge in [0.1, 0.15) is 6.61 Å². The summed E-state index contributed by atoms with van der Waals surface area (Å²) in [5.41, 5.74) is 2.11. The highest BCUT2D eigenvalue weighted by Gasteiger charge is 2.20. The standard InChI is InChI=1S/C15H21NO4/c1-11-4-6-13(7-5-11)9-16(14(17)10-20-3)8-12(2)15(18)19/h4-7,12H,8-10H2,1-3H3,(H,18,19). The normalized spacial score (nSPS) is 11.9. The first-order valence-corrected chi connectivity index (χ1v) is 6.49. The fourth-order valence-corrected chi connectivity index (χ4v) is 1.79. The summed E-state index contributed by atoms with van der Waals surface area (Å²) in [4.78, 5) is 24.4. The summed E-state index contributed by atoms with van der Waals surface area (Å²) in [6, 6.07) is 7.81. The first kappa shape index (κ1) is 16.2. The number of nitrogens with zero attached hydrogens (tertiary/aromatic N) is 1. The van der Waals surface area contributed by atoms with Crippen LogP contribution in [0, 0.1) is 12.8 Å². The number of carbonyl (C=O) groups excluding carboxylic acids is 1. The minimum Gasteiger partial charge on any atom is -0.481 e. The van der Waals surface area contributed by atoms with Crippen LogP contribution < -0.4 is 0 Å². The zero-order chi connectivity index (χ0) is 15.1. The lowest BCUT2D eigenvalue weighted by Crippen LogP contribution is -2.38. The maximum Gasteiger partial charge on any atom is 0.308 e. The molecule has 1 amide bonds. The van der Waals surface area contributed by atoms with Crippen LogP contribution in [0.1, 0.15) is 18.1 Å². The van der Waals surface area contributed by atoms with Crippen molar-refractivity contribution in [2.45, 2.75) is 20.4 Å².